The zero-order valence-corrected chi connectivity index (χ0v) is 17.9. The molecule has 0 saturated carbocycles. The highest BCUT2D eigenvalue weighted by atomic mass is 32.1. The van der Waals surface area contributed by atoms with Crippen LogP contribution >= 0.6 is 11.3 Å². The number of benzene rings is 1. The third-order valence-electron chi connectivity index (χ3n) is 5.39. The Bertz CT molecular complexity index is 775. The molecule has 1 aromatic heterocycles. The molecule has 0 spiro atoms. The van der Waals surface area contributed by atoms with Gasteiger partial charge in [0.15, 0.2) is 0 Å². The van der Waals surface area contributed by atoms with E-state index in [1.807, 2.05) is 19.9 Å². The number of ether oxygens (including phenoxy) is 1. The smallest absolute Gasteiger partial charge is 0.122 e. The maximum Gasteiger partial charge on any atom is 0.122 e. The summed E-state index contributed by atoms with van der Waals surface area (Å²) >= 11 is 1.66. The minimum absolute atomic E-state index is 0.0933. The third-order valence-corrected chi connectivity index (χ3v) is 6.30. The first-order valence-corrected chi connectivity index (χ1v) is 10.8. The summed E-state index contributed by atoms with van der Waals surface area (Å²) in [7, 11) is 0. The minimum atomic E-state index is -0.552. The quantitative estimate of drug-likeness (QED) is 0.490. The average molecular weight is 405 g/mol. The van der Waals surface area contributed by atoms with Gasteiger partial charge in [-0.2, -0.15) is 0 Å². The predicted molar refractivity (Wildman–Crippen MR) is 115 cm³/mol. The van der Waals surface area contributed by atoms with Gasteiger partial charge in [-0.1, -0.05) is 26.0 Å². The van der Waals surface area contributed by atoms with Crippen molar-refractivity contribution in [2.45, 2.75) is 71.9 Å². The van der Waals surface area contributed by atoms with E-state index in [4.69, 9.17) is 4.74 Å². The molecule has 0 bridgehead atoms. The summed E-state index contributed by atoms with van der Waals surface area (Å²) in [5, 5.41) is 31.2. The van der Waals surface area contributed by atoms with Crippen LogP contribution in [0.2, 0.25) is 0 Å². The van der Waals surface area contributed by atoms with E-state index >= 15 is 0 Å². The maximum absolute atomic E-state index is 10.4. The number of hydrogen-bond donors (Lipinski definition) is 3. The van der Waals surface area contributed by atoms with E-state index in [1.165, 1.54) is 11.1 Å². The van der Waals surface area contributed by atoms with E-state index in [-0.39, 0.29) is 13.2 Å². The Kier molecular flexibility index (Phi) is 8.70. The molecule has 0 aliphatic rings. The van der Waals surface area contributed by atoms with Crippen molar-refractivity contribution in [3.63, 3.8) is 0 Å². The van der Waals surface area contributed by atoms with Gasteiger partial charge in [0.05, 0.1) is 18.8 Å². The van der Waals surface area contributed by atoms with Crippen LogP contribution in [0.1, 0.15) is 68.0 Å². The van der Waals surface area contributed by atoms with Crippen LogP contribution in [0.15, 0.2) is 35.7 Å². The highest BCUT2D eigenvalue weighted by Crippen LogP contribution is 2.26. The Morgan fingerprint density at radius 1 is 1.11 bits per heavy atom. The van der Waals surface area contributed by atoms with Gasteiger partial charge in [-0.15, -0.1) is 11.3 Å². The molecule has 3 N–H and O–H groups in total. The van der Waals surface area contributed by atoms with Crippen LogP contribution in [-0.2, 0) is 19.8 Å². The lowest BCUT2D eigenvalue weighted by atomic mass is 9.91. The van der Waals surface area contributed by atoms with Gasteiger partial charge < -0.3 is 20.1 Å². The minimum Gasteiger partial charge on any atom is -0.488 e. The van der Waals surface area contributed by atoms with Crippen molar-refractivity contribution in [2.75, 3.05) is 0 Å². The third kappa shape index (κ3) is 6.17. The Labute approximate surface area is 172 Å². The highest BCUT2D eigenvalue weighted by Gasteiger charge is 2.20. The lowest BCUT2D eigenvalue weighted by Gasteiger charge is -2.24. The molecular weight excluding hydrogens is 372 g/mol. The molecule has 154 valence electrons. The van der Waals surface area contributed by atoms with Gasteiger partial charge >= 0.3 is 0 Å². The summed E-state index contributed by atoms with van der Waals surface area (Å²) in [6, 6.07) is 7.50. The van der Waals surface area contributed by atoms with Gasteiger partial charge in [0.1, 0.15) is 12.4 Å². The van der Waals surface area contributed by atoms with E-state index in [0.29, 0.717) is 23.5 Å². The molecule has 2 aromatic rings. The Balaban J connectivity index is 1.94. The first kappa shape index (κ1) is 22.6. The van der Waals surface area contributed by atoms with E-state index in [9.17, 15) is 15.3 Å². The van der Waals surface area contributed by atoms with E-state index < -0.39 is 5.60 Å². The van der Waals surface area contributed by atoms with Crippen molar-refractivity contribution < 1.29 is 20.1 Å². The largest absolute Gasteiger partial charge is 0.488 e. The van der Waals surface area contributed by atoms with Gasteiger partial charge in [-0.05, 0) is 78.4 Å². The molecule has 2 rings (SSSR count). The second-order valence-electron chi connectivity index (χ2n) is 7.19. The summed E-state index contributed by atoms with van der Waals surface area (Å²) < 4.78 is 5.85. The molecular formula is C23H32O4S. The molecule has 0 fully saturated rings. The molecule has 0 amide bonds. The van der Waals surface area contributed by atoms with Crippen LogP contribution in [0.4, 0.5) is 0 Å². The first-order valence-electron chi connectivity index (χ1n) is 9.88. The molecule has 28 heavy (non-hydrogen) atoms. The van der Waals surface area contributed by atoms with Crippen LogP contribution in [0.5, 0.6) is 5.75 Å². The lowest BCUT2D eigenvalue weighted by molar-refractivity contribution is 0.0246. The maximum atomic E-state index is 10.4. The molecule has 0 atom stereocenters. The average Bonchev–Trinajstić information content (AvgIpc) is 3.21. The van der Waals surface area contributed by atoms with E-state index in [2.05, 4.69) is 24.4 Å². The molecule has 5 heteroatoms. The molecule has 0 unspecified atom stereocenters. The zero-order chi connectivity index (χ0) is 20.6. The van der Waals surface area contributed by atoms with E-state index in [1.54, 1.807) is 23.5 Å². The second kappa shape index (κ2) is 10.8. The number of allylic oxidation sites excluding steroid dienone is 2. The number of rotatable bonds is 11. The summed E-state index contributed by atoms with van der Waals surface area (Å²) in [6.07, 6.45) is 5.42. The van der Waals surface area contributed by atoms with Crippen molar-refractivity contribution in [1.29, 1.82) is 0 Å². The van der Waals surface area contributed by atoms with Crippen molar-refractivity contribution in [1.82, 2.24) is 0 Å². The van der Waals surface area contributed by atoms with Crippen molar-refractivity contribution in [3.8, 4) is 5.75 Å². The lowest BCUT2D eigenvalue weighted by Crippen LogP contribution is -2.25. The van der Waals surface area contributed by atoms with Crippen LogP contribution in [-0.4, -0.2) is 20.9 Å². The monoisotopic (exact) mass is 404 g/mol. The second-order valence-corrected chi connectivity index (χ2v) is 8.19. The van der Waals surface area contributed by atoms with Crippen LogP contribution in [0, 0.1) is 0 Å². The fourth-order valence-corrected chi connectivity index (χ4v) is 3.94. The molecule has 0 aliphatic heterocycles. The van der Waals surface area contributed by atoms with Crippen LogP contribution in [0.25, 0.3) is 5.57 Å². The standard InChI is InChI=1S/C23H32O4S/c1-4-23(26,5-2)10-6-7-17(3)20-12-22(28-16-20)15-27-21-9-8-18(13-24)19(11-21)14-25/h7-9,11-12,16,24-26H,4-6,10,13-15H2,1-3H3/b17-7-. The number of aliphatic hydroxyl groups is 3. The topological polar surface area (TPSA) is 69.9 Å². The first-order chi connectivity index (χ1) is 13.4. The summed E-state index contributed by atoms with van der Waals surface area (Å²) in [5.74, 6) is 0.682. The summed E-state index contributed by atoms with van der Waals surface area (Å²) in [6.45, 7) is 6.42. The summed E-state index contributed by atoms with van der Waals surface area (Å²) in [4.78, 5) is 1.12. The van der Waals surface area contributed by atoms with Gasteiger partial charge in [0.25, 0.3) is 0 Å². The SMILES string of the molecule is CCC(O)(CC)CC/C=C(/C)c1csc(COc2ccc(CO)c(CO)c2)c1. The predicted octanol–water partition coefficient (Wildman–Crippen LogP) is 5.05. The fourth-order valence-electron chi connectivity index (χ4n) is 3.09. The van der Waals surface area contributed by atoms with Gasteiger partial charge in [-0.25, -0.2) is 0 Å². The molecule has 4 nitrogen and oxygen atoms in total. The molecule has 0 saturated heterocycles. The van der Waals surface area contributed by atoms with E-state index in [0.717, 1.165) is 30.6 Å². The molecule has 1 heterocycles. The van der Waals surface area contributed by atoms with Gasteiger partial charge in [0.2, 0.25) is 0 Å². The number of hydrogen-bond acceptors (Lipinski definition) is 5. The number of aliphatic hydroxyl groups excluding tert-OH is 2. The van der Waals surface area contributed by atoms with Crippen molar-refractivity contribution >= 4 is 16.9 Å². The zero-order valence-electron chi connectivity index (χ0n) is 17.1. The number of thiophene rings is 1. The summed E-state index contributed by atoms with van der Waals surface area (Å²) in [5.41, 5.74) is 3.25. The highest BCUT2D eigenvalue weighted by molar-refractivity contribution is 7.10. The fraction of sp³-hybridized carbons (Fsp3) is 0.478. The van der Waals surface area contributed by atoms with Crippen molar-refractivity contribution in [2.24, 2.45) is 0 Å². The van der Waals surface area contributed by atoms with Gasteiger partial charge in [0, 0.05) is 4.88 Å². The molecule has 1 aromatic carbocycles. The molecule has 0 aliphatic carbocycles. The van der Waals surface area contributed by atoms with Gasteiger partial charge in [-0.3, -0.25) is 0 Å². The normalized spacial score (nSPS) is 12.4. The Morgan fingerprint density at radius 2 is 1.82 bits per heavy atom. The van der Waals surface area contributed by atoms with Crippen LogP contribution < -0.4 is 4.74 Å². The Morgan fingerprint density at radius 3 is 2.46 bits per heavy atom. The van der Waals surface area contributed by atoms with Crippen LogP contribution in [0.3, 0.4) is 0 Å². The van der Waals surface area contributed by atoms with Crippen molar-refractivity contribution in [3.05, 3.63) is 57.3 Å². The molecule has 0 radical (unpaired) electrons. The Hall–Kier alpha value is -1.66.